The summed E-state index contributed by atoms with van der Waals surface area (Å²) in [6, 6.07) is 0. The minimum absolute atomic E-state index is 0.115. The lowest BCUT2D eigenvalue weighted by atomic mass is 9.80. The van der Waals surface area contributed by atoms with Crippen molar-refractivity contribution in [3.05, 3.63) is 0 Å². The Labute approximate surface area is 116 Å². The molecule has 2 rings (SSSR count). The molecule has 1 saturated carbocycles. The third kappa shape index (κ3) is 3.69. The molecule has 0 bridgehead atoms. The molecule has 1 aliphatic carbocycles. The number of rotatable bonds is 4. The molecule has 1 heterocycles. The summed E-state index contributed by atoms with van der Waals surface area (Å²) in [7, 11) is 0. The van der Waals surface area contributed by atoms with Crippen molar-refractivity contribution < 1.29 is 9.53 Å². The summed E-state index contributed by atoms with van der Waals surface area (Å²) in [6.07, 6.45) is 6.37. The van der Waals surface area contributed by atoms with Crippen molar-refractivity contribution >= 4 is 5.91 Å². The summed E-state index contributed by atoms with van der Waals surface area (Å²) in [5, 5.41) is 3.19. The number of hydrogen-bond donors (Lipinski definition) is 2. The Hall–Kier alpha value is -0.610. The van der Waals surface area contributed by atoms with Gasteiger partial charge in [0, 0.05) is 13.0 Å². The van der Waals surface area contributed by atoms with Crippen LogP contribution in [0.25, 0.3) is 0 Å². The third-order valence-electron chi connectivity index (χ3n) is 5.09. The largest absolute Gasteiger partial charge is 0.376 e. The van der Waals surface area contributed by atoms with Gasteiger partial charge in [0.05, 0.1) is 11.6 Å². The highest BCUT2D eigenvalue weighted by Gasteiger charge is 2.38. The van der Waals surface area contributed by atoms with Gasteiger partial charge in [-0.3, -0.25) is 4.79 Å². The van der Waals surface area contributed by atoms with Crippen LogP contribution in [0.2, 0.25) is 0 Å². The first-order valence-electron chi connectivity index (χ1n) is 7.66. The second-order valence-electron chi connectivity index (χ2n) is 6.56. The Morgan fingerprint density at radius 1 is 1.32 bits per heavy atom. The summed E-state index contributed by atoms with van der Waals surface area (Å²) < 4.78 is 5.56. The summed E-state index contributed by atoms with van der Waals surface area (Å²) in [5.74, 6) is 1.42. The molecule has 110 valence electrons. The molecule has 4 heteroatoms. The lowest BCUT2D eigenvalue weighted by molar-refractivity contribution is -0.124. The van der Waals surface area contributed by atoms with Gasteiger partial charge in [-0.2, -0.15) is 0 Å². The lowest BCUT2D eigenvalue weighted by Gasteiger charge is -2.31. The molecule has 2 aliphatic rings. The topological polar surface area (TPSA) is 64.3 Å². The first-order chi connectivity index (χ1) is 9.03. The first-order valence-corrected chi connectivity index (χ1v) is 7.66. The van der Waals surface area contributed by atoms with Gasteiger partial charge in [-0.15, -0.1) is 0 Å². The average Bonchev–Trinajstić information content (AvgIpc) is 2.70. The minimum atomic E-state index is -0.175. The average molecular weight is 268 g/mol. The Morgan fingerprint density at radius 3 is 2.47 bits per heavy atom. The van der Waals surface area contributed by atoms with E-state index in [2.05, 4.69) is 12.2 Å². The van der Waals surface area contributed by atoms with Crippen LogP contribution in [0.1, 0.15) is 52.4 Å². The fourth-order valence-electron chi connectivity index (χ4n) is 3.30. The molecule has 0 spiro atoms. The van der Waals surface area contributed by atoms with Crippen molar-refractivity contribution in [2.24, 2.45) is 17.6 Å². The van der Waals surface area contributed by atoms with Gasteiger partial charge in [-0.1, -0.05) is 0 Å². The number of nitrogens with two attached hydrogens (primary N) is 1. The van der Waals surface area contributed by atoms with Crippen LogP contribution in [0, 0.1) is 11.8 Å². The molecular weight excluding hydrogens is 240 g/mol. The van der Waals surface area contributed by atoms with Gasteiger partial charge in [-0.25, -0.2) is 0 Å². The predicted molar refractivity (Wildman–Crippen MR) is 75.7 cm³/mol. The Morgan fingerprint density at radius 2 is 1.95 bits per heavy atom. The van der Waals surface area contributed by atoms with E-state index in [0.717, 1.165) is 32.4 Å². The molecule has 19 heavy (non-hydrogen) atoms. The molecule has 2 fully saturated rings. The molecule has 0 aromatic heterocycles. The summed E-state index contributed by atoms with van der Waals surface area (Å²) >= 11 is 0. The van der Waals surface area contributed by atoms with Crippen molar-refractivity contribution in [3.63, 3.8) is 0 Å². The fourth-order valence-corrected chi connectivity index (χ4v) is 3.30. The molecule has 2 unspecified atom stereocenters. The van der Waals surface area contributed by atoms with Crippen molar-refractivity contribution in [1.29, 1.82) is 0 Å². The quantitative estimate of drug-likeness (QED) is 0.817. The smallest absolute Gasteiger partial charge is 0.220 e. The van der Waals surface area contributed by atoms with Crippen LogP contribution in [-0.2, 0) is 9.53 Å². The van der Waals surface area contributed by atoms with Crippen molar-refractivity contribution in [2.45, 2.75) is 64.0 Å². The minimum Gasteiger partial charge on any atom is -0.376 e. The lowest BCUT2D eigenvalue weighted by Crippen LogP contribution is -2.51. The van der Waals surface area contributed by atoms with Gasteiger partial charge >= 0.3 is 0 Å². The highest BCUT2D eigenvalue weighted by Crippen LogP contribution is 2.31. The van der Waals surface area contributed by atoms with Crippen LogP contribution in [0.5, 0.6) is 0 Å². The van der Waals surface area contributed by atoms with E-state index in [1.54, 1.807) is 0 Å². The van der Waals surface area contributed by atoms with E-state index in [1.165, 1.54) is 12.8 Å². The highest BCUT2D eigenvalue weighted by molar-refractivity contribution is 5.77. The number of carbonyl (C=O) groups excluding carboxylic acids is 1. The molecule has 0 aromatic rings. The number of amides is 1. The van der Waals surface area contributed by atoms with E-state index in [4.69, 9.17) is 10.5 Å². The third-order valence-corrected chi connectivity index (χ3v) is 5.09. The molecule has 0 radical (unpaired) electrons. The Bertz CT molecular complexity index is 313. The first kappa shape index (κ1) is 14.8. The van der Waals surface area contributed by atoms with Gasteiger partial charge in [0.1, 0.15) is 0 Å². The van der Waals surface area contributed by atoms with E-state index in [-0.39, 0.29) is 17.6 Å². The van der Waals surface area contributed by atoms with Crippen LogP contribution in [0.3, 0.4) is 0 Å². The molecule has 4 nitrogen and oxygen atoms in total. The van der Waals surface area contributed by atoms with E-state index in [1.807, 2.05) is 6.92 Å². The van der Waals surface area contributed by atoms with Crippen molar-refractivity contribution in [3.8, 4) is 0 Å². The maximum atomic E-state index is 12.2. The number of carbonyl (C=O) groups is 1. The zero-order chi connectivity index (χ0) is 13.9. The normalized spacial score (nSPS) is 39.2. The predicted octanol–water partition coefficient (Wildman–Crippen LogP) is 1.83. The van der Waals surface area contributed by atoms with Crippen molar-refractivity contribution in [1.82, 2.24) is 5.32 Å². The van der Waals surface area contributed by atoms with E-state index < -0.39 is 0 Å². The molecule has 3 N–H and O–H groups in total. The van der Waals surface area contributed by atoms with Crippen molar-refractivity contribution in [2.75, 3.05) is 13.2 Å². The molecule has 2 atom stereocenters. The van der Waals surface area contributed by atoms with Crippen LogP contribution in [0.15, 0.2) is 0 Å². The molecule has 1 aliphatic heterocycles. The standard InChI is InChI=1S/C15H28N2O2/c1-11-15(2,7-8-19-11)17-14(18)9-12-3-5-13(10-16)6-4-12/h11-13H,3-10,16H2,1-2H3,(H,17,18). The summed E-state index contributed by atoms with van der Waals surface area (Å²) in [5.41, 5.74) is 5.52. The maximum Gasteiger partial charge on any atom is 0.220 e. The number of hydrogen-bond acceptors (Lipinski definition) is 3. The zero-order valence-electron chi connectivity index (χ0n) is 12.3. The fraction of sp³-hybridized carbons (Fsp3) is 0.933. The monoisotopic (exact) mass is 268 g/mol. The molecule has 0 aromatic carbocycles. The van der Waals surface area contributed by atoms with Crippen LogP contribution in [0.4, 0.5) is 0 Å². The number of nitrogens with one attached hydrogen (secondary N) is 1. The van der Waals surface area contributed by atoms with Gasteiger partial charge in [0.25, 0.3) is 0 Å². The zero-order valence-corrected chi connectivity index (χ0v) is 12.3. The maximum absolute atomic E-state index is 12.2. The van der Waals surface area contributed by atoms with Gasteiger partial charge in [0.15, 0.2) is 0 Å². The Kier molecular flexibility index (Phi) is 4.85. The second kappa shape index (κ2) is 6.23. The van der Waals surface area contributed by atoms with E-state index in [9.17, 15) is 4.79 Å². The van der Waals surface area contributed by atoms with Gasteiger partial charge in [0.2, 0.25) is 5.91 Å². The number of ether oxygens (including phenoxy) is 1. The van der Waals surface area contributed by atoms with Gasteiger partial charge in [-0.05, 0) is 64.3 Å². The summed E-state index contributed by atoms with van der Waals surface area (Å²) in [4.78, 5) is 12.2. The summed E-state index contributed by atoms with van der Waals surface area (Å²) in [6.45, 7) is 5.68. The van der Waals surface area contributed by atoms with E-state index >= 15 is 0 Å². The SMILES string of the molecule is CC1OCCC1(C)NC(=O)CC1CCC(CN)CC1. The van der Waals surface area contributed by atoms with Crippen LogP contribution in [-0.4, -0.2) is 30.7 Å². The van der Waals surface area contributed by atoms with Crippen LogP contribution < -0.4 is 11.1 Å². The van der Waals surface area contributed by atoms with E-state index in [0.29, 0.717) is 18.3 Å². The molecule has 1 saturated heterocycles. The van der Waals surface area contributed by atoms with Gasteiger partial charge < -0.3 is 15.8 Å². The molecule has 1 amide bonds. The second-order valence-corrected chi connectivity index (χ2v) is 6.56. The van der Waals surface area contributed by atoms with Crippen LogP contribution >= 0.6 is 0 Å². The Balaban J connectivity index is 1.76. The highest BCUT2D eigenvalue weighted by atomic mass is 16.5. The molecular formula is C15H28N2O2.